The van der Waals surface area contributed by atoms with Crippen LogP contribution in [0.25, 0.3) is 0 Å². The van der Waals surface area contributed by atoms with Crippen LogP contribution in [0.4, 0.5) is 0 Å². The van der Waals surface area contributed by atoms with Crippen molar-refractivity contribution in [3.63, 3.8) is 0 Å². The number of benzene rings is 2. The summed E-state index contributed by atoms with van der Waals surface area (Å²) < 4.78 is 17.5. The highest BCUT2D eigenvalue weighted by Crippen LogP contribution is 2.62. The van der Waals surface area contributed by atoms with Gasteiger partial charge < -0.3 is 14.2 Å². The van der Waals surface area contributed by atoms with E-state index in [2.05, 4.69) is 13.0 Å². The summed E-state index contributed by atoms with van der Waals surface area (Å²) in [7, 11) is 0. The van der Waals surface area contributed by atoms with E-state index in [1.165, 1.54) is 25.0 Å². The van der Waals surface area contributed by atoms with Gasteiger partial charge in [0.05, 0.1) is 0 Å². The normalized spacial score (nSPS) is 29.4. The molecule has 0 radical (unpaired) electrons. The molecule has 3 aliphatic carbocycles. The third-order valence-electron chi connectivity index (χ3n) is 8.50. The fourth-order valence-electron chi connectivity index (χ4n) is 7.01. The van der Waals surface area contributed by atoms with Gasteiger partial charge in [-0.15, -0.1) is 0 Å². The zero-order valence-electron chi connectivity index (χ0n) is 20.3. The van der Waals surface area contributed by atoms with Crippen molar-refractivity contribution in [2.24, 2.45) is 17.3 Å². The molecule has 0 heterocycles. The molecule has 0 amide bonds. The summed E-state index contributed by atoms with van der Waals surface area (Å²) in [5.74, 6) is 2.24. The molecule has 2 fully saturated rings. The van der Waals surface area contributed by atoms with Crippen molar-refractivity contribution in [2.75, 3.05) is 0 Å². The maximum absolute atomic E-state index is 11.8. The molecule has 2 saturated carbocycles. The van der Waals surface area contributed by atoms with E-state index in [4.69, 9.17) is 14.2 Å². The Morgan fingerprint density at radius 3 is 2.50 bits per heavy atom. The second-order valence-electron chi connectivity index (χ2n) is 10.5. The molecule has 5 rings (SSSR count). The van der Waals surface area contributed by atoms with Gasteiger partial charge in [0.25, 0.3) is 0 Å². The number of carbonyl (C=O) groups excluding carboxylic acids is 2. The van der Waals surface area contributed by atoms with E-state index in [0.29, 0.717) is 35.9 Å². The van der Waals surface area contributed by atoms with Crippen LogP contribution in [0.5, 0.6) is 11.5 Å². The molecule has 0 aromatic heterocycles. The Bertz CT molecular complexity index is 1080. The zero-order valence-corrected chi connectivity index (χ0v) is 20.3. The van der Waals surface area contributed by atoms with Gasteiger partial charge in [0.15, 0.2) is 11.5 Å². The molecule has 0 saturated heterocycles. The number of aryl methyl sites for hydroxylation is 1. The summed E-state index contributed by atoms with van der Waals surface area (Å²) in [6, 6.07) is 14.2. The number of esters is 2. The van der Waals surface area contributed by atoms with Crippen molar-refractivity contribution in [3.05, 3.63) is 59.2 Å². The van der Waals surface area contributed by atoms with Crippen LogP contribution in [0.1, 0.15) is 75.5 Å². The van der Waals surface area contributed by atoms with Gasteiger partial charge in [-0.1, -0.05) is 37.3 Å². The lowest BCUT2D eigenvalue weighted by molar-refractivity contribution is -0.154. The molecule has 5 heteroatoms. The van der Waals surface area contributed by atoms with Gasteiger partial charge in [-0.3, -0.25) is 9.59 Å². The molecule has 1 unspecified atom stereocenters. The van der Waals surface area contributed by atoms with Crippen LogP contribution in [-0.2, 0) is 27.4 Å². The fourth-order valence-corrected chi connectivity index (χ4v) is 7.01. The highest BCUT2D eigenvalue weighted by atomic mass is 16.6. The number of hydrogen-bond acceptors (Lipinski definition) is 5. The van der Waals surface area contributed by atoms with Crippen molar-refractivity contribution in [1.82, 2.24) is 0 Å². The monoisotopic (exact) mass is 462 g/mol. The average Bonchev–Trinajstić information content (AvgIpc) is 3.13. The van der Waals surface area contributed by atoms with Gasteiger partial charge >= 0.3 is 11.9 Å². The number of ether oxygens (including phenoxy) is 3. The predicted octanol–water partition coefficient (Wildman–Crippen LogP) is 5.98. The Morgan fingerprint density at radius 1 is 0.971 bits per heavy atom. The van der Waals surface area contributed by atoms with Crippen LogP contribution >= 0.6 is 0 Å². The molecule has 180 valence electrons. The molecular weight excluding hydrogens is 428 g/mol. The second-order valence-corrected chi connectivity index (χ2v) is 10.5. The fraction of sp³-hybridized carbons (Fsp3) is 0.517. The Hall–Kier alpha value is -2.82. The van der Waals surface area contributed by atoms with Gasteiger partial charge in [0.1, 0.15) is 12.7 Å². The lowest BCUT2D eigenvalue weighted by Gasteiger charge is -2.50. The first-order valence-corrected chi connectivity index (χ1v) is 12.5. The SMILES string of the molecule is CC(=O)Oc1cc2c(cc1OCc1ccccc1)[C@H]1CC[C@]3(C)C(OC(C)=O)CC[C@H]3[C@@H]1CC2. The number of carbonyl (C=O) groups is 2. The molecule has 0 spiro atoms. The van der Waals surface area contributed by atoms with Crippen molar-refractivity contribution < 1.29 is 23.8 Å². The molecule has 2 aromatic rings. The molecule has 0 bridgehead atoms. The molecule has 5 nitrogen and oxygen atoms in total. The van der Waals surface area contributed by atoms with Gasteiger partial charge in [-0.25, -0.2) is 0 Å². The van der Waals surface area contributed by atoms with Crippen molar-refractivity contribution >= 4 is 11.9 Å². The Balaban J connectivity index is 1.43. The first kappa shape index (κ1) is 22.9. The van der Waals surface area contributed by atoms with Crippen molar-refractivity contribution in [1.29, 1.82) is 0 Å². The molecular formula is C29H34O5. The lowest BCUT2D eigenvalue weighted by Crippen LogP contribution is -2.45. The van der Waals surface area contributed by atoms with Crippen LogP contribution in [-0.4, -0.2) is 18.0 Å². The van der Waals surface area contributed by atoms with E-state index in [1.807, 2.05) is 36.4 Å². The smallest absolute Gasteiger partial charge is 0.308 e. The molecule has 0 N–H and O–H groups in total. The maximum Gasteiger partial charge on any atom is 0.308 e. The molecule has 34 heavy (non-hydrogen) atoms. The van der Waals surface area contributed by atoms with Crippen LogP contribution in [0.15, 0.2) is 42.5 Å². The summed E-state index contributed by atoms with van der Waals surface area (Å²) in [5.41, 5.74) is 3.74. The van der Waals surface area contributed by atoms with Crippen LogP contribution < -0.4 is 9.47 Å². The molecule has 2 aromatic carbocycles. The molecule has 0 aliphatic heterocycles. The summed E-state index contributed by atoms with van der Waals surface area (Å²) in [6.45, 7) is 5.71. The van der Waals surface area contributed by atoms with E-state index in [-0.39, 0.29) is 23.5 Å². The zero-order chi connectivity index (χ0) is 23.9. The Morgan fingerprint density at radius 2 is 1.76 bits per heavy atom. The summed E-state index contributed by atoms with van der Waals surface area (Å²) in [6.07, 6.45) is 6.34. The quantitative estimate of drug-likeness (QED) is 0.404. The molecule has 3 aliphatic rings. The number of hydrogen-bond donors (Lipinski definition) is 0. The number of rotatable bonds is 5. The summed E-state index contributed by atoms with van der Waals surface area (Å²) in [4.78, 5) is 23.5. The number of fused-ring (bicyclic) bond motifs is 5. The second kappa shape index (κ2) is 9.09. The van der Waals surface area contributed by atoms with Gasteiger partial charge in [0.2, 0.25) is 0 Å². The standard InChI is InChI=1S/C29H34O5/c1-18(30)33-27-15-21-9-10-23-22(13-14-29(3)25(23)11-12-28(29)34-19(2)31)24(21)16-26(27)32-17-20-7-5-4-6-8-20/h4-8,15-16,22-23,25,28H,9-14,17H2,1-3H3/t22-,23+,25-,28?,29-/m0/s1. The van der Waals surface area contributed by atoms with Crippen LogP contribution in [0.3, 0.4) is 0 Å². The van der Waals surface area contributed by atoms with Crippen LogP contribution in [0, 0.1) is 17.3 Å². The lowest BCUT2D eigenvalue weighted by atomic mass is 9.55. The minimum atomic E-state index is -0.339. The highest BCUT2D eigenvalue weighted by molar-refractivity contribution is 5.71. The average molecular weight is 463 g/mol. The first-order chi connectivity index (χ1) is 16.3. The van der Waals surface area contributed by atoms with Crippen molar-refractivity contribution in [2.45, 2.75) is 77.9 Å². The first-order valence-electron chi connectivity index (χ1n) is 12.5. The highest BCUT2D eigenvalue weighted by Gasteiger charge is 2.56. The van der Waals surface area contributed by atoms with E-state index in [9.17, 15) is 9.59 Å². The van der Waals surface area contributed by atoms with Gasteiger partial charge in [0, 0.05) is 19.3 Å². The van der Waals surface area contributed by atoms with Crippen LogP contribution in [0.2, 0.25) is 0 Å². The topological polar surface area (TPSA) is 61.8 Å². The van der Waals surface area contributed by atoms with E-state index in [0.717, 1.165) is 44.1 Å². The minimum Gasteiger partial charge on any atom is -0.485 e. The minimum absolute atomic E-state index is 0.0356. The predicted molar refractivity (Wildman–Crippen MR) is 129 cm³/mol. The maximum atomic E-state index is 11.8. The Kier molecular flexibility index (Phi) is 6.13. The largest absolute Gasteiger partial charge is 0.485 e. The van der Waals surface area contributed by atoms with E-state index < -0.39 is 0 Å². The van der Waals surface area contributed by atoms with Crippen molar-refractivity contribution in [3.8, 4) is 11.5 Å². The Labute approximate surface area is 201 Å². The third kappa shape index (κ3) is 4.21. The van der Waals surface area contributed by atoms with Gasteiger partial charge in [-0.05, 0) is 85.1 Å². The molecule has 5 atom stereocenters. The summed E-state index contributed by atoms with van der Waals surface area (Å²) in [5, 5.41) is 0. The van der Waals surface area contributed by atoms with Gasteiger partial charge in [-0.2, -0.15) is 0 Å². The third-order valence-corrected chi connectivity index (χ3v) is 8.50. The van der Waals surface area contributed by atoms with E-state index >= 15 is 0 Å². The van der Waals surface area contributed by atoms with E-state index in [1.54, 1.807) is 0 Å². The summed E-state index contributed by atoms with van der Waals surface area (Å²) >= 11 is 0.